The van der Waals surface area contributed by atoms with Crippen LogP contribution in [0.1, 0.15) is 20.1 Å². The van der Waals surface area contributed by atoms with Crippen molar-refractivity contribution in [1.29, 1.82) is 0 Å². The molecule has 0 aromatic carbocycles. The van der Waals surface area contributed by atoms with Crippen molar-refractivity contribution < 1.29 is 9.53 Å². The summed E-state index contributed by atoms with van der Waals surface area (Å²) < 4.78 is 5.07. The molecule has 1 aromatic heterocycles. The molecule has 2 heterocycles. The zero-order valence-corrected chi connectivity index (χ0v) is 10.5. The molecule has 0 unspecified atom stereocenters. The van der Waals surface area contributed by atoms with E-state index in [0.717, 1.165) is 23.7 Å². The number of hydrogen-bond donors (Lipinski definition) is 0. The maximum atomic E-state index is 11.9. The fourth-order valence-electron chi connectivity index (χ4n) is 1.49. The number of Topliss-reactive ketones (excluding diaryl/α,β-unsaturated/α-hetero) is 1. The Kier molecular flexibility index (Phi) is 3.49. The van der Waals surface area contributed by atoms with Gasteiger partial charge in [-0.15, -0.1) is 23.1 Å². The Labute approximate surface area is 98.0 Å². The fraction of sp³-hybridized carbons (Fsp3) is 0.545. The standard InChI is InChI=1S/C11H14O2S2/c1-7-3-10(8(2)15-7)11(12)6-14-9-4-13-5-9/h3,9H,4-6H2,1-2H3. The van der Waals surface area contributed by atoms with Gasteiger partial charge in [-0.3, -0.25) is 4.79 Å². The number of ether oxygens (including phenoxy) is 1. The third-order valence-corrected chi connectivity index (χ3v) is 4.54. The minimum atomic E-state index is 0.258. The molecule has 0 bridgehead atoms. The first-order valence-electron chi connectivity index (χ1n) is 4.96. The number of thioether (sulfide) groups is 1. The van der Waals surface area contributed by atoms with Crippen LogP contribution in [0.3, 0.4) is 0 Å². The van der Waals surface area contributed by atoms with Crippen LogP contribution in [0.25, 0.3) is 0 Å². The molecule has 0 saturated carbocycles. The van der Waals surface area contributed by atoms with Gasteiger partial charge in [-0.1, -0.05) is 0 Å². The van der Waals surface area contributed by atoms with E-state index in [0.29, 0.717) is 11.0 Å². The lowest BCUT2D eigenvalue weighted by atomic mass is 10.2. The molecule has 82 valence electrons. The second kappa shape index (κ2) is 4.68. The van der Waals surface area contributed by atoms with Gasteiger partial charge in [0.2, 0.25) is 0 Å². The molecule has 2 nitrogen and oxygen atoms in total. The third-order valence-electron chi connectivity index (χ3n) is 2.40. The molecule has 15 heavy (non-hydrogen) atoms. The molecular formula is C11H14O2S2. The fourth-order valence-corrected chi connectivity index (χ4v) is 3.36. The molecule has 0 amide bonds. The predicted molar refractivity (Wildman–Crippen MR) is 65.2 cm³/mol. The minimum Gasteiger partial charge on any atom is -0.379 e. The van der Waals surface area contributed by atoms with Crippen molar-refractivity contribution in [3.63, 3.8) is 0 Å². The van der Waals surface area contributed by atoms with E-state index in [1.807, 2.05) is 19.9 Å². The van der Waals surface area contributed by atoms with E-state index in [1.54, 1.807) is 23.1 Å². The topological polar surface area (TPSA) is 26.3 Å². The van der Waals surface area contributed by atoms with Gasteiger partial charge in [-0.25, -0.2) is 0 Å². The van der Waals surface area contributed by atoms with Crippen LogP contribution in [0, 0.1) is 13.8 Å². The van der Waals surface area contributed by atoms with Crippen molar-refractivity contribution in [2.75, 3.05) is 19.0 Å². The second-order valence-corrected chi connectivity index (χ2v) is 6.47. The van der Waals surface area contributed by atoms with E-state index >= 15 is 0 Å². The van der Waals surface area contributed by atoms with E-state index in [-0.39, 0.29) is 5.78 Å². The van der Waals surface area contributed by atoms with Crippen LogP contribution in [0.5, 0.6) is 0 Å². The highest BCUT2D eigenvalue weighted by molar-refractivity contribution is 8.00. The lowest BCUT2D eigenvalue weighted by molar-refractivity contribution is 0.0455. The van der Waals surface area contributed by atoms with E-state index in [1.165, 1.54) is 4.88 Å². The summed E-state index contributed by atoms with van der Waals surface area (Å²) in [5, 5.41) is 0.536. The molecule has 0 N–H and O–H groups in total. The average molecular weight is 242 g/mol. The first kappa shape index (κ1) is 11.2. The number of carbonyl (C=O) groups excluding carboxylic acids is 1. The van der Waals surface area contributed by atoms with Crippen LogP contribution in [0.15, 0.2) is 6.07 Å². The quantitative estimate of drug-likeness (QED) is 0.759. The summed E-state index contributed by atoms with van der Waals surface area (Å²) in [6, 6.07) is 2.00. The molecule has 1 aliphatic heterocycles. The summed E-state index contributed by atoms with van der Waals surface area (Å²) in [5.41, 5.74) is 0.908. The highest BCUT2D eigenvalue weighted by atomic mass is 32.2. The first-order chi connectivity index (χ1) is 7.16. The largest absolute Gasteiger partial charge is 0.379 e. The van der Waals surface area contributed by atoms with Crippen molar-refractivity contribution in [2.45, 2.75) is 19.1 Å². The van der Waals surface area contributed by atoms with Gasteiger partial charge in [0.1, 0.15) is 0 Å². The summed E-state index contributed by atoms with van der Waals surface area (Å²) in [5.74, 6) is 0.846. The third kappa shape index (κ3) is 2.62. The Hall–Kier alpha value is -0.320. The summed E-state index contributed by atoms with van der Waals surface area (Å²) in [7, 11) is 0. The van der Waals surface area contributed by atoms with Gasteiger partial charge in [0, 0.05) is 15.3 Å². The van der Waals surface area contributed by atoms with Crippen LogP contribution in [0.4, 0.5) is 0 Å². The van der Waals surface area contributed by atoms with Crippen molar-refractivity contribution >= 4 is 28.9 Å². The first-order valence-corrected chi connectivity index (χ1v) is 6.83. The number of carbonyl (C=O) groups is 1. The maximum Gasteiger partial charge on any atom is 0.173 e. The van der Waals surface area contributed by atoms with E-state index in [4.69, 9.17) is 4.74 Å². The zero-order valence-electron chi connectivity index (χ0n) is 8.91. The Bertz CT molecular complexity index is 367. The van der Waals surface area contributed by atoms with Gasteiger partial charge in [0.05, 0.1) is 24.2 Å². The number of rotatable bonds is 4. The Morgan fingerprint density at radius 2 is 2.33 bits per heavy atom. The van der Waals surface area contributed by atoms with Crippen molar-refractivity contribution in [3.05, 3.63) is 21.4 Å². The van der Waals surface area contributed by atoms with Crippen molar-refractivity contribution in [3.8, 4) is 0 Å². The van der Waals surface area contributed by atoms with Crippen LogP contribution in [0.2, 0.25) is 0 Å². The number of ketones is 1. The number of aryl methyl sites for hydroxylation is 2. The molecule has 1 aromatic rings. The van der Waals surface area contributed by atoms with Crippen LogP contribution < -0.4 is 0 Å². The Morgan fingerprint density at radius 1 is 1.60 bits per heavy atom. The summed E-state index contributed by atoms with van der Waals surface area (Å²) in [4.78, 5) is 14.2. The molecule has 0 atom stereocenters. The maximum absolute atomic E-state index is 11.9. The molecule has 0 spiro atoms. The zero-order chi connectivity index (χ0) is 10.8. The molecular weight excluding hydrogens is 228 g/mol. The number of hydrogen-bond acceptors (Lipinski definition) is 4. The second-order valence-electron chi connectivity index (χ2n) is 3.72. The Balaban J connectivity index is 1.92. The minimum absolute atomic E-state index is 0.258. The summed E-state index contributed by atoms with van der Waals surface area (Å²) in [6.45, 7) is 5.67. The average Bonchev–Trinajstić information content (AvgIpc) is 2.42. The lowest BCUT2D eigenvalue weighted by Gasteiger charge is -2.24. The van der Waals surface area contributed by atoms with Gasteiger partial charge in [0.15, 0.2) is 5.78 Å². The van der Waals surface area contributed by atoms with Crippen molar-refractivity contribution in [1.82, 2.24) is 0 Å². The Morgan fingerprint density at radius 3 is 2.80 bits per heavy atom. The summed E-state index contributed by atoms with van der Waals surface area (Å²) in [6.07, 6.45) is 0. The van der Waals surface area contributed by atoms with Gasteiger partial charge in [-0.2, -0.15) is 0 Å². The smallest absolute Gasteiger partial charge is 0.173 e. The lowest BCUT2D eigenvalue weighted by Crippen LogP contribution is -2.31. The molecule has 0 radical (unpaired) electrons. The monoisotopic (exact) mass is 242 g/mol. The van der Waals surface area contributed by atoms with Gasteiger partial charge >= 0.3 is 0 Å². The van der Waals surface area contributed by atoms with E-state index in [2.05, 4.69) is 0 Å². The van der Waals surface area contributed by atoms with Gasteiger partial charge < -0.3 is 4.74 Å². The van der Waals surface area contributed by atoms with E-state index in [9.17, 15) is 4.79 Å². The van der Waals surface area contributed by atoms with Crippen LogP contribution in [-0.4, -0.2) is 30.0 Å². The predicted octanol–water partition coefficient (Wildman–Crippen LogP) is 2.68. The number of thiophene rings is 1. The molecule has 2 rings (SSSR count). The molecule has 4 heteroatoms. The summed E-state index contributed by atoms with van der Waals surface area (Å²) >= 11 is 3.41. The highest BCUT2D eigenvalue weighted by Gasteiger charge is 2.21. The normalized spacial score (nSPS) is 16.4. The molecule has 1 fully saturated rings. The van der Waals surface area contributed by atoms with Gasteiger partial charge in [0.25, 0.3) is 0 Å². The molecule has 1 aliphatic rings. The van der Waals surface area contributed by atoms with Crippen LogP contribution in [-0.2, 0) is 4.74 Å². The van der Waals surface area contributed by atoms with E-state index < -0.39 is 0 Å². The SMILES string of the molecule is Cc1cc(C(=O)CSC2COC2)c(C)s1. The highest BCUT2D eigenvalue weighted by Crippen LogP contribution is 2.24. The van der Waals surface area contributed by atoms with Crippen LogP contribution >= 0.6 is 23.1 Å². The molecule has 1 saturated heterocycles. The molecule has 0 aliphatic carbocycles. The van der Waals surface area contributed by atoms with Gasteiger partial charge in [-0.05, 0) is 19.9 Å². The van der Waals surface area contributed by atoms with Crippen molar-refractivity contribution in [2.24, 2.45) is 0 Å².